The summed E-state index contributed by atoms with van der Waals surface area (Å²) in [5, 5.41) is 1.16. The van der Waals surface area contributed by atoms with Crippen molar-refractivity contribution in [3.05, 3.63) is 11.1 Å². The summed E-state index contributed by atoms with van der Waals surface area (Å²) in [6.07, 6.45) is 5.26. The van der Waals surface area contributed by atoms with Crippen LogP contribution in [0.1, 0.15) is 40.0 Å². The third kappa shape index (κ3) is 3.59. The molecule has 122 valence electrons. The van der Waals surface area contributed by atoms with Gasteiger partial charge in [-0.1, -0.05) is 11.8 Å². The van der Waals surface area contributed by atoms with Gasteiger partial charge in [0.25, 0.3) is 0 Å². The molecule has 3 heterocycles. The van der Waals surface area contributed by atoms with Crippen LogP contribution in [-0.2, 0) is 4.74 Å². The molecule has 0 bridgehead atoms. The van der Waals surface area contributed by atoms with Crippen LogP contribution in [0.2, 0.25) is 0 Å². The van der Waals surface area contributed by atoms with Gasteiger partial charge >= 0.3 is 6.09 Å². The molecule has 5 nitrogen and oxygen atoms in total. The van der Waals surface area contributed by atoms with Gasteiger partial charge in [-0.2, -0.15) is 0 Å². The van der Waals surface area contributed by atoms with Crippen molar-refractivity contribution in [1.29, 1.82) is 0 Å². The zero-order valence-corrected chi connectivity index (χ0v) is 14.5. The van der Waals surface area contributed by atoms with E-state index in [2.05, 4.69) is 16.1 Å². The quantitative estimate of drug-likeness (QED) is 0.743. The summed E-state index contributed by atoms with van der Waals surface area (Å²) < 4.78 is 5.45. The van der Waals surface area contributed by atoms with Crippen LogP contribution in [0.3, 0.4) is 0 Å². The molecule has 3 rings (SSSR count). The Labute approximate surface area is 136 Å². The molecule has 0 N–H and O–H groups in total. The molecule has 1 saturated heterocycles. The minimum absolute atomic E-state index is 0.180. The highest BCUT2D eigenvalue weighted by Crippen LogP contribution is 2.39. The van der Waals surface area contributed by atoms with E-state index in [9.17, 15) is 4.79 Å². The third-order valence-electron chi connectivity index (χ3n) is 4.09. The lowest BCUT2D eigenvalue weighted by Crippen LogP contribution is -2.41. The minimum Gasteiger partial charge on any atom is -0.444 e. The van der Waals surface area contributed by atoms with Gasteiger partial charge in [0.2, 0.25) is 0 Å². The van der Waals surface area contributed by atoms with Crippen LogP contribution in [0.5, 0.6) is 0 Å². The lowest BCUT2D eigenvalue weighted by atomic mass is 9.96. The van der Waals surface area contributed by atoms with Crippen molar-refractivity contribution in [2.75, 3.05) is 26.2 Å². The molecular weight excluding hydrogens is 298 g/mol. The number of rotatable bonds is 1. The van der Waals surface area contributed by atoms with Crippen molar-refractivity contribution in [2.45, 2.75) is 45.6 Å². The molecule has 0 aromatic carbocycles. The van der Waals surface area contributed by atoms with Crippen molar-refractivity contribution >= 4 is 23.0 Å². The van der Waals surface area contributed by atoms with Crippen LogP contribution in [0.25, 0.3) is 0 Å². The summed E-state index contributed by atoms with van der Waals surface area (Å²) >= 11 is 1.82. The first kappa shape index (κ1) is 15.7. The van der Waals surface area contributed by atoms with Crippen LogP contribution < -0.4 is 0 Å². The zero-order valence-electron chi connectivity index (χ0n) is 13.7. The predicted molar refractivity (Wildman–Crippen MR) is 89.8 cm³/mol. The summed E-state index contributed by atoms with van der Waals surface area (Å²) in [5.74, 6) is 0.553. The van der Waals surface area contributed by atoms with Crippen molar-refractivity contribution < 1.29 is 9.53 Å². The fourth-order valence-corrected chi connectivity index (χ4v) is 4.17. The van der Waals surface area contributed by atoms with Crippen LogP contribution in [0.4, 0.5) is 4.79 Å². The average molecular weight is 323 g/mol. The number of ether oxygens (including phenoxy) is 1. The SMILES string of the molecule is CC(C)(C)OC(=O)N1CCC(C2=CN3CCCN=C3S2)CC1. The van der Waals surface area contributed by atoms with Crippen LogP contribution >= 0.6 is 11.8 Å². The first-order chi connectivity index (χ1) is 10.4. The van der Waals surface area contributed by atoms with Gasteiger partial charge in [-0.25, -0.2) is 4.79 Å². The first-order valence-corrected chi connectivity index (χ1v) is 8.92. The third-order valence-corrected chi connectivity index (χ3v) is 5.31. The van der Waals surface area contributed by atoms with Crippen LogP contribution in [-0.4, -0.2) is 52.8 Å². The molecule has 0 spiro atoms. The molecule has 0 radical (unpaired) electrons. The Bertz CT molecular complexity index is 502. The van der Waals surface area contributed by atoms with Gasteiger partial charge in [0.1, 0.15) is 5.60 Å². The fourth-order valence-electron chi connectivity index (χ4n) is 2.96. The maximum absolute atomic E-state index is 12.1. The lowest BCUT2D eigenvalue weighted by Gasteiger charge is -2.33. The van der Waals surface area contributed by atoms with Gasteiger partial charge in [0, 0.05) is 37.3 Å². The average Bonchev–Trinajstić information content (AvgIpc) is 2.89. The lowest BCUT2D eigenvalue weighted by molar-refractivity contribution is 0.0196. The Morgan fingerprint density at radius 3 is 2.68 bits per heavy atom. The molecule has 0 atom stereocenters. The number of amidine groups is 1. The van der Waals surface area contributed by atoms with Gasteiger partial charge in [-0.3, -0.25) is 4.99 Å². The molecule has 1 amide bonds. The molecule has 3 aliphatic heterocycles. The minimum atomic E-state index is -0.418. The van der Waals surface area contributed by atoms with E-state index in [1.165, 1.54) is 4.91 Å². The highest BCUT2D eigenvalue weighted by Gasteiger charge is 2.32. The van der Waals surface area contributed by atoms with E-state index in [0.29, 0.717) is 5.92 Å². The van der Waals surface area contributed by atoms with Crippen molar-refractivity contribution in [3.8, 4) is 0 Å². The Hall–Kier alpha value is -1.17. The fraction of sp³-hybridized carbons (Fsp3) is 0.750. The van der Waals surface area contributed by atoms with Crippen molar-refractivity contribution in [1.82, 2.24) is 9.80 Å². The number of aliphatic imine (C=N–C) groups is 1. The van der Waals surface area contributed by atoms with E-state index in [0.717, 1.165) is 50.6 Å². The monoisotopic (exact) mass is 323 g/mol. The maximum Gasteiger partial charge on any atom is 0.410 e. The van der Waals surface area contributed by atoms with Gasteiger partial charge in [0.15, 0.2) is 5.17 Å². The molecule has 0 aliphatic carbocycles. The maximum atomic E-state index is 12.1. The number of piperidine rings is 1. The highest BCUT2D eigenvalue weighted by atomic mass is 32.2. The molecule has 0 saturated carbocycles. The summed E-state index contributed by atoms with van der Waals surface area (Å²) in [4.78, 5) is 22.2. The van der Waals surface area contributed by atoms with E-state index >= 15 is 0 Å². The molecular formula is C16H25N3O2S. The second kappa shape index (κ2) is 6.14. The number of allylic oxidation sites excluding steroid dienone is 1. The van der Waals surface area contributed by atoms with Gasteiger partial charge in [0.05, 0.1) is 0 Å². The number of hydrogen-bond donors (Lipinski definition) is 0. The summed E-state index contributed by atoms with van der Waals surface area (Å²) in [5.41, 5.74) is -0.418. The number of likely N-dealkylation sites (tertiary alicyclic amines) is 1. The standard InChI is InChI=1S/C16H25N3O2S/c1-16(2,3)21-15(20)18-9-5-12(6-10-18)13-11-19-8-4-7-17-14(19)22-13/h11-12H,4-10H2,1-3H3. The smallest absolute Gasteiger partial charge is 0.410 e. The van der Waals surface area contributed by atoms with Crippen LogP contribution in [0.15, 0.2) is 16.1 Å². The molecule has 22 heavy (non-hydrogen) atoms. The normalized spacial score (nSPS) is 23.0. The number of carbonyl (C=O) groups excluding carboxylic acids is 1. The first-order valence-electron chi connectivity index (χ1n) is 8.11. The zero-order chi connectivity index (χ0) is 15.7. The molecule has 0 aromatic rings. The summed E-state index contributed by atoms with van der Waals surface area (Å²) in [6, 6.07) is 0. The molecule has 1 fully saturated rings. The van der Waals surface area contributed by atoms with Gasteiger partial charge < -0.3 is 14.5 Å². The molecule has 0 unspecified atom stereocenters. The topological polar surface area (TPSA) is 45.1 Å². The number of thioether (sulfide) groups is 1. The Morgan fingerprint density at radius 1 is 1.32 bits per heavy atom. The summed E-state index contributed by atoms with van der Waals surface area (Å²) in [7, 11) is 0. The van der Waals surface area contributed by atoms with E-state index in [4.69, 9.17) is 4.74 Å². The number of hydrogen-bond acceptors (Lipinski definition) is 5. The number of fused-ring (bicyclic) bond motifs is 1. The Balaban J connectivity index is 1.53. The van der Waals surface area contributed by atoms with Gasteiger partial charge in [-0.05, 0) is 46.0 Å². The van der Waals surface area contributed by atoms with E-state index in [1.807, 2.05) is 37.4 Å². The molecule has 6 heteroatoms. The largest absolute Gasteiger partial charge is 0.444 e. The predicted octanol–water partition coefficient (Wildman–Crippen LogP) is 3.28. The summed E-state index contributed by atoms with van der Waals surface area (Å²) in [6.45, 7) is 9.34. The molecule has 3 aliphatic rings. The van der Waals surface area contributed by atoms with E-state index in [-0.39, 0.29) is 6.09 Å². The molecule has 0 aromatic heterocycles. The Kier molecular flexibility index (Phi) is 4.39. The second-order valence-electron chi connectivity index (χ2n) is 7.09. The van der Waals surface area contributed by atoms with E-state index in [1.54, 1.807) is 0 Å². The highest BCUT2D eigenvalue weighted by molar-refractivity contribution is 8.17. The van der Waals surface area contributed by atoms with Crippen molar-refractivity contribution in [3.63, 3.8) is 0 Å². The number of amides is 1. The van der Waals surface area contributed by atoms with Gasteiger partial charge in [-0.15, -0.1) is 0 Å². The number of carbonyl (C=O) groups is 1. The second-order valence-corrected chi connectivity index (χ2v) is 8.13. The number of nitrogens with zero attached hydrogens (tertiary/aromatic N) is 3. The van der Waals surface area contributed by atoms with Crippen LogP contribution in [0, 0.1) is 5.92 Å². The Morgan fingerprint density at radius 2 is 2.05 bits per heavy atom. The van der Waals surface area contributed by atoms with E-state index < -0.39 is 5.60 Å². The van der Waals surface area contributed by atoms with Crippen molar-refractivity contribution in [2.24, 2.45) is 10.9 Å².